The summed E-state index contributed by atoms with van der Waals surface area (Å²) in [5.74, 6) is -1.83. The highest BCUT2D eigenvalue weighted by Crippen LogP contribution is 2.31. The van der Waals surface area contributed by atoms with Crippen LogP contribution in [0, 0.1) is 11.8 Å². The molecule has 15 heavy (non-hydrogen) atoms. The maximum Gasteiger partial charge on any atom is 0.307 e. The van der Waals surface area contributed by atoms with Crippen LogP contribution in [0.1, 0.15) is 25.7 Å². The molecule has 5 nitrogen and oxygen atoms in total. The Morgan fingerprint density at radius 1 is 1.33 bits per heavy atom. The van der Waals surface area contributed by atoms with Crippen LogP contribution >= 0.6 is 0 Å². The van der Waals surface area contributed by atoms with E-state index in [9.17, 15) is 9.59 Å². The van der Waals surface area contributed by atoms with Gasteiger partial charge in [-0.1, -0.05) is 6.42 Å². The summed E-state index contributed by atoms with van der Waals surface area (Å²) in [6.07, 6.45) is 2.86. The molecule has 0 saturated heterocycles. The molecule has 0 aromatic rings. The van der Waals surface area contributed by atoms with Crippen molar-refractivity contribution >= 4 is 11.9 Å². The van der Waals surface area contributed by atoms with E-state index in [0.29, 0.717) is 25.9 Å². The summed E-state index contributed by atoms with van der Waals surface area (Å²) in [7, 11) is 0. The zero-order chi connectivity index (χ0) is 11.3. The van der Waals surface area contributed by atoms with Gasteiger partial charge >= 0.3 is 5.97 Å². The molecular weight excluding hydrogens is 196 g/mol. The maximum absolute atomic E-state index is 11.6. The van der Waals surface area contributed by atoms with Gasteiger partial charge in [-0.25, -0.2) is 0 Å². The van der Waals surface area contributed by atoms with Gasteiger partial charge in [-0.05, 0) is 25.8 Å². The zero-order valence-electron chi connectivity index (χ0n) is 8.74. The Kier molecular flexibility index (Phi) is 4.55. The molecule has 0 aromatic carbocycles. The molecule has 4 N–H and O–H groups in total. The van der Waals surface area contributed by atoms with Crippen LogP contribution in [0.4, 0.5) is 0 Å². The third kappa shape index (κ3) is 3.20. The van der Waals surface area contributed by atoms with E-state index in [1.807, 2.05) is 0 Å². The number of carbonyl (C=O) groups is 2. The Morgan fingerprint density at radius 2 is 2.00 bits per heavy atom. The SMILES string of the molecule is NCCCNC(=O)[C@@H]1CCC[C@@H]1C(=O)O. The minimum Gasteiger partial charge on any atom is -0.481 e. The number of nitrogens with two attached hydrogens (primary N) is 1. The summed E-state index contributed by atoms with van der Waals surface area (Å²) in [4.78, 5) is 22.5. The van der Waals surface area contributed by atoms with Crippen molar-refractivity contribution in [1.29, 1.82) is 0 Å². The molecule has 1 aliphatic carbocycles. The van der Waals surface area contributed by atoms with Crippen molar-refractivity contribution in [1.82, 2.24) is 5.32 Å². The molecule has 1 saturated carbocycles. The second-order valence-electron chi connectivity index (χ2n) is 3.92. The summed E-state index contributed by atoms with van der Waals surface area (Å²) in [5, 5.41) is 11.6. The molecule has 0 unspecified atom stereocenters. The maximum atomic E-state index is 11.6. The largest absolute Gasteiger partial charge is 0.481 e. The standard InChI is InChI=1S/C10H18N2O3/c11-5-2-6-12-9(13)7-3-1-4-8(7)10(14)15/h7-8H,1-6,11H2,(H,12,13)(H,14,15)/t7-,8+/m1/s1. The molecule has 0 spiro atoms. The molecule has 86 valence electrons. The Bertz CT molecular complexity index is 243. The number of aliphatic carboxylic acids is 1. The molecule has 1 amide bonds. The molecule has 5 heteroatoms. The van der Waals surface area contributed by atoms with Crippen LogP contribution in [-0.4, -0.2) is 30.1 Å². The van der Waals surface area contributed by atoms with Crippen molar-refractivity contribution < 1.29 is 14.7 Å². The number of carbonyl (C=O) groups excluding carboxylic acids is 1. The number of carboxylic acids is 1. The average Bonchev–Trinajstić information content (AvgIpc) is 2.66. The van der Waals surface area contributed by atoms with Gasteiger partial charge in [0.15, 0.2) is 0 Å². The minimum absolute atomic E-state index is 0.131. The van der Waals surface area contributed by atoms with Crippen LogP contribution in [-0.2, 0) is 9.59 Å². The monoisotopic (exact) mass is 214 g/mol. The first-order chi connectivity index (χ1) is 7.16. The molecular formula is C10H18N2O3. The second kappa shape index (κ2) is 5.70. The fraction of sp³-hybridized carbons (Fsp3) is 0.800. The second-order valence-corrected chi connectivity index (χ2v) is 3.92. The average molecular weight is 214 g/mol. The van der Waals surface area contributed by atoms with E-state index < -0.39 is 11.9 Å². The zero-order valence-corrected chi connectivity index (χ0v) is 8.74. The summed E-state index contributed by atoms with van der Waals surface area (Å²) >= 11 is 0. The summed E-state index contributed by atoms with van der Waals surface area (Å²) in [5.41, 5.74) is 5.30. The van der Waals surface area contributed by atoms with E-state index in [4.69, 9.17) is 10.8 Å². The van der Waals surface area contributed by atoms with Crippen LogP contribution in [0.25, 0.3) is 0 Å². The topological polar surface area (TPSA) is 92.4 Å². The van der Waals surface area contributed by atoms with Gasteiger partial charge in [0.2, 0.25) is 5.91 Å². The first-order valence-electron chi connectivity index (χ1n) is 5.37. The number of hydrogen-bond acceptors (Lipinski definition) is 3. The highest BCUT2D eigenvalue weighted by Gasteiger charge is 2.37. The normalized spacial score (nSPS) is 25.1. The van der Waals surface area contributed by atoms with Crippen molar-refractivity contribution in [2.45, 2.75) is 25.7 Å². The first-order valence-corrected chi connectivity index (χ1v) is 5.37. The lowest BCUT2D eigenvalue weighted by Crippen LogP contribution is -2.36. The Balaban J connectivity index is 2.40. The third-order valence-electron chi connectivity index (χ3n) is 2.85. The molecule has 1 fully saturated rings. The van der Waals surface area contributed by atoms with Crippen LogP contribution in [0.2, 0.25) is 0 Å². The number of amides is 1. The van der Waals surface area contributed by atoms with E-state index in [1.165, 1.54) is 0 Å². The Labute approximate surface area is 89.0 Å². The van der Waals surface area contributed by atoms with Gasteiger partial charge in [0, 0.05) is 6.54 Å². The van der Waals surface area contributed by atoms with Crippen LogP contribution in [0.15, 0.2) is 0 Å². The van der Waals surface area contributed by atoms with E-state index >= 15 is 0 Å². The molecule has 1 rings (SSSR count). The molecule has 1 aliphatic rings. The smallest absolute Gasteiger partial charge is 0.307 e. The van der Waals surface area contributed by atoms with Crippen LogP contribution < -0.4 is 11.1 Å². The molecule has 0 aliphatic heterocycles. The summed E-state index contributed by atoms with van der Waals surface area (Å²) in [6.45, 7) is 1.07. The fourth-order valence-electron chi connectivity index (χ4n) is 2.01. The molecule has 0 bridgehead atoms. The number of nitrogens with one attached hydrogen (secondary N) is 1. The van der Waals surface area contributed by atoms with Crippen molar-refractivity contribution in [3.05, 3.63) is 0 Å². The lowest BCUT2D eigenvalue weighted by molar-refractivity contribution is -0.146. The van der Waals surface area contributed by atoms with E-state index in [1.54, 1.807) is 0 Å². The van der Waals surface area contributed by atoms with Crippen molar-refractivity contribution in [2.24, 2.45) is 17.6 Å². The quantitative estimate of drug-likeness (QED) is 0.559. The summed E-state index contributed by atoms with van der Waals surface area (Å²) in [6, 6.07) is 0. The molecule has 2 atom stereocenters. The lowest BCUT2D eigenvalue weighted by Gasteiger charge is -2.15. The van der Waals surface area contributed by atoms with Crippen molar-refractivity contribution in [2.75, 3.05) is 13.1 Å². The highest BCUT2D eigenvalue weighted by atomic mass is 16.4. The van der Waals surface area contributed by atoms with Gasteiger partial charge in [0.25, 0.3) is 0 Å². The number of hydrogen-bond donors (Lipinski definition) is 3. The van der Waals surface area contributed by atoms with Gasteiger partial charge < -0.3 is 16.2 Å². The van der Waals surface area contributed by atoms with E-state index in [-0.39, 0.29) is 11.8 Å². The summed E-state index contributed by atoms with van der Waals surface area (Å²) < 4.78 is 0. The van der Waals surface area contributed by atoms with E-state index in [0.717, 1.165) is 12.8 Å². The fourth-order valence-corrected chi connectivity index (χ4v) is 2.01. The van der Waals surface area contributed by atoms with Crippen LogP contribution in [0.3, 0.4) is 0 Å². The van der Waals surface area contributed by atoms with E-state index in [2.05, 4.69) is 5.32 Å². The number of rotatable bonds is 5. The number of carboxylic acid groups (broad SMARTS) is 1. The molecule has 0 radical (unpaired) electrons. The van der Waals surface area contributed by atoms with Crippen molar-refractivity contribution in [3.63, 3.8) is 0 Å². The lowest BCUT2D eigenvalue weighted by atomic mass is 9.95. The van der Waals surface area contributed by atoms with Gasteiger partial charge in [0.1, 0.15) is 0 Å². The highest BCUT2D eigenvalue weighted by molar-refractivity contribution is 5.85. The molecule has 0 heterocycles. The van der Waals surface area contributed by atoms with Gasteiger partial charge in [0.05, 0.1) is 11.8 Å². The minimum atomic E-state index is -0.855. The van der Waals surface area contributed by atoms with Gasteiger partial charge in [-0.15, -0.1) is 0 Å². The Hall–Kier alpha value is -1.10. The Morgan fingerprint density at radius 3 is 2.60 bits per heavy atom. The van der Waals surface area contributed by atoms with Crippen LogP contribution in [0.5, 0.6) is 0 Å². The third-order valence-corrected chi connectivity index (χ3v) is 2.85. The van der Waals surface area contributed by atoms with Gasteiger partial charge in [-0.2, -0.15) is 0 Å². The first kappa shape index (κ1) is 12.0. The van der Waals surface area contributed by atoms with Gasteiger partial charge in [-0.3, -0.25) is 9.59 Å². The van der Waals surface area contributed by atoms with Crippen molar-refractivity contribution in [3.8, 4) is 0 Å². The predicted molar refractivity (Wildman–Crippen MR) is 55.1 cm³/mol. The predicted octanol–water partition coefficient (Wildman–Crippen LogP) is -0.0477. The molecule has 0 aromatic heterocycles.